The monoisotopic (exact) mass is 371 g/mol. The quantitative estimate of drug-likeness (QED) is 0.800. The summed E-state index contributed by atoms with van der Waals surface area (Å²) in [7, 11) is 3.19. The van der Waals surface area contributed by atoms with Gasteiger partial charge in [0, 0.05) is 26.7 Å². The minimum absolute atomic E-state index is 0.0398. The van der Waals surface area contributed by atoms with Gasteiger partial charge in [-0.3, -0.25) is 14.5 Å². The van der Waals surface area contributed by atoms with Crippen molar-refractivity contribution in [1.29, 1.82) is 0 Å². The van der Waals surface area contributed by atoms with Crippen molar-refractivity contribution in [1.82, 2.24) is 15.1 Å². The van der Waals surface area contributed by atoms with Gasteiger partial charge in [-0.1, -0.05) is 18.2 Å². The maximum atomic E-state index is 13.2. The van der Waals surface area contributed by atoms with Crippen LogP contribution in [-0.2, 0) is 22.3 Å². The maximum Gasteiger partial charge on any atom is 0.416 e. The minimum atomic E-state index is -4.43. The summed E-state index contributed by atoms with van der Waals surface area (Å²) in [5, 5.41) is 2.61. The average molecular weight is 371 g/mol. The highest BCUT2D eigenvalue weighted by atomic mass is 19.4. The first-order valence-electron chi connectivity index (χ1n) is 8.49. The van der Waals surface area contributed by atoms with Crippen molar-refractivity contribution in [2.75, 3.05) is 20.6 Å². The van der Waals surface area contributed by atoms with Gasteiger partial charge < -0.3 is 10.2 Å². The van der Waals surface area contributed by atoms with Gasteiger partial charge >= 0.3 is 6.18 Å². The number of alkyl halides is 3. The van der Waals surface area contributed by atoms with E-state index in [0.29, 0.717) is 0 Å². The van der Waals surface area contributed by atoms with Crippen LogP contribution in [0.3, 0.4) is 0 Å². The number of nitrogens with zero attached hydrogens (tertiary/aromatic N) is 2. The second-order valence-corrected chi connectivity index (χ2v) is 6.81. The fraction of sp³-hybridized carbons (Fsp3) is 0.556. The third kappa shape index (κ3) is 5.45. The summed E-state index contributed by atoms with van der Waals surface area (Å²) in [6, 6.07) is 4.83. The van der Waals surface area contributed by atoms with Crippen molar-refractivity contribution >= 4 is 11.8 Å². The molecule has 5 nitrogen and oxygen atoms in total. The zero-order valence-corrected chi connectivity index (χ0v) is 15.1. The molecule has 0 heterocycles. The Morgan fingerprint density at radius 1 is 1.23 bits per heavy atom. The van der Waals surface area contributed by atoms with Crippen LogP contribution in [-0.4, -0.2) is 54.3 Å². The molecular weight excluding hydrogens is 347 g/mol. The molecule has 2 amide bonds. The van der Waals surface area contributed by atoms with Gasteiger partial charge in [-0.05, 0) is 31.4 Å². The standard InChI is InChI=1S/C18H24F3N3O2/c1-12(17(26)23(2)3)22-16(25)11-24(14-8-9-14)10-13-6-4-5-7-15(13)18(19,20)21/h4-7,12,14H,8-11H2,1-3H3,(H,22,25). The van der Waals surface area contributed by atoms with Gasteiger partial charge in [-0.15, -0.1) is 0 Å². The third-order valence-corrected chi connectivity index (χ3v) is 4.29. The van der Waals surface area contributed by atoms with E-state index in [-0.39, 0.29) is 36.5 Å². The van der Waals surface area contributed by atoms with E-state index in [2.05, 4.69) is 5.32 Å². The molecule has 8 heteroatoms. The van der Waals surface area contributed by atoms with Crippen LogP contribution in [0.5, 0.6) is 0 Å². The Morgan fingerprint density at radius 2 is 1.85 bits per heavy atom. The van der Waals surface area contributed by atoms with Crippen molar-refractivity contribution in [3.63, 3.8) is 0 Å². The molecule has 1 aliphatic carbocycles. The average Bonchev–Trinajstić information content (AvgIpc) is 3.37. The number of benzene rings is 1. The first kappa shape index (κ1) is 20.2. The Morgan fingerprint density at radius 3 is 2.38 bits per heavy atom. The van der Waals surface area contributed by atoms with E-state index in [1.54, 1.807) is 32.0 Å². The van der Waals surface area contributed by atoms with E-state index in [1.165, 1.54) is 17.0 Å². The molecule has 0 spiro atoms. The molecule has 26 heavy (non-hydrogen) atoms. The predicted molar refractivity (Wildman–Crippen MR) is 91.2 cm³/mol. The Balaban J connectivity index is 2.05. The Bertz CT molecular complexity index is 657. The summed E-state index contributed by atoms with van der Waals surface area (Å²) in [5.74, 6) is -0.608. The summed E-state index contributed by atoms with van der Waals surface area (Å²) < 4.78 is 39.5. The fourth-order valence-electron chi connectivity index (χ4n) is 2.83. The van der Waals surface area contributed by atoms with E-state index in [4.69, 9.17) is 0 Å². The Kier molecular flexibility index (Phi) is 6.28. The molecule has 1 atom stereocenters. The van der Waals surface area contributed by atoms with Gasteiger partial charge in [0.2, 0.25) is 11.8 Å². The molecule has 0 bridgehead atoms. The van der Waals surface area contributed by atoms with E-state index >= 15 is 0 Å². The van der Waals surface area contributed by atoms with Crippen LogP contribution in [0.4, 0.5) is 13.2 Å². The molecule has 0 aromatic heterocycles. The third-order valence-electron chi connectivity index (χ3n) is 4.29. The summed E-state index contributed by atoms with van der Waals surface area (Å²) in [4.78, 5) is 27.2. The smallest absolute Gasteiger partial charge is 0.347 e. The topological polar surface area (TPSA) is 52.7 Å². The summed E-state index contributed by atoms with van der Waals surface area (Å²) >= 11 is 0. The molecule has 1 aromatic rings. The second kappa shape index (κ2) is 8.07. The Hall–Kier alpha value is -2.09. The molecule has 1 unspecified atom stereocenters. The maximum absolute atomic E-state index is 13.2. The van der Waals surface area contributed by atoms with E-state index in [0.717, 1.165) is 18.9 Å². The first-order chi connectivity index (χ1) is 12.1. The van der Waals surface area contributed by atoms with Gasteiger partial charge in [0.15, 0.2) is 0 Å². The van der Waals surface area contributed by atoms with E-state index in [9.17, 15) is 22.8 Å². The zero-order valence-electron chi connectivity index (χ0n) is 15.1. The summed E-state index contributed by atoms with van der Waals surface area (Å²) in [6.07, 6.45) is -2.72. The number of amides is 2. The van der Waals surface area contributed by atoms with E-state index in [1.807, 2.05) is 0 Å². The van der Waals surface area contributed by atoms with Crippen LogP contribution >= 0.6 is 0 Å². The normalized spacial score (nSPS) is 15.7. The lowest BCUT2D eigenvalue weighted by Gasteiger charge is -2.25. The number of likely N-dealkylation sites (N-methyl/N-ethyl adjacent to an activating group) is 1. The van der Waals surface area contributed by atoms with Gasteiger partial charge in [0.1, 0.15) is 6.04 Å². The molecule has 1 N–H and O–H groups in total. The van der Waals surface area contributed by atoms with Crippen molar-refractivity contribution in [3.05, 3.63) is 35.4 Å². The van der Waals surface area contributed by atoms with Gasteiger partial charge in [-0.25, -0.2) is 0 Å². The van der Waals surface area contributed by atoms with Crippen LogP contribution in [0.2, 0.25) is 0 Å². The first-order valence-corrected chi connectivity index (χ1v) is 8.49. The number of halogens is 3. The van der Waals surface area contributed by atoms with Crippen molar-refractivity contribution < 1.29 is 22.8 Å². The fourth-order valence-corrected chi connectivity index (χ4v) is 2.83. The molecule has 0 aliphatic heterocycles. The molecule has 0 saturated heterocycles. The SMILES string of the molecule is CC(NC(=O)CN(Cc1ccccc1C(F)(F)F)C1CC1)C(=O)N(C)C. The zero-order chi connectivity index (χ0) is 19.5. The van der Waals surface area contributed by atoms with Gasteiger partial charge in [0.05, 0.1) is 12.1 Å². The molecule has 144 valence electrons. The lowest BCUT2D eigenvalue weighted by molar-refractivity contribution is -0.138. The van der Waals surface area contributed by atoms with Crippen molar-refractivity contribution in [2.24, 2.45) is 0 Å². The number of rotatable bonds is 7. The molecule has 1 fully saturated rings. The lowest BCUT2D eigenvalue weighted by Crippen LogP contribution is -2.47. The molecule has 1 aromatic carbocycles. The molecule has 0 radical (unpaired) electrons. The van der Waals surface area contributed by atoms with Crippen molar-refractivity contribution in [2.45, 2.75) is 44.6 Å². The van der Waals surface area contributed by atoms with Crippen LogP contribution in [0.1, 0.15) is 30.9 Å². The van der Waals surface area contributed by atoms with E-state index < -0.39 is 17.8 Å². The van der Waals surface area contributed by atoms with Crippen LogP contribution < -0.4 is 5.32 Å². The van der Waals surface area contributed by atoms with Crippen LogP contribution in [0.15, 0.2) is 24.3 Å². The van der Waals surface area contributed by atoms with Gasteiger partial charge in [0.25, 0.3) is 0 Å². The molecular formula is C18H24F3N3O2. The summed E-state index contributed by atoms with van der Waals surface area (Å²) in [5.41, 5.74) is -0.528. The van der Waals surface area contributed by atoms with Gasteiger partial charge in [-0.2, -0.15) is 13.2 Å². The van der Waals surface area contributed by atoms with Crippen LogP contribution in [0.25, 0.3) is 0 Å². The number of carbonyl (C=O) groups excluding carboxylic acids is 2. The van der Waals surface area contributed by atoms with Crippen LogP contribution in [0, 0.1) is 0 Å². The molecule has 1 aliphatic rings. The van der Waals surface area contributed by atoms with Crippen molar-refractivity contribution in [3.8, 4) is 0 Å². The highest BCUT2D eigenvalue weighted by Crippen LogP contribution is 2.34. The highest BCUT2D eigenvalue weighted by Gasteiger charge is 2.36. The predicted octanol–water partition coefficient (Wildman–Crippen LogP) is 2.26. The number of hydrogen-bond acceptors (Lipinski definition) is 3. The Labute approximate surface area is 151 Å². The number of nitrogens with one attached hydrogen (secondary N) is 1. The second-order valence-electron chi connectivity index (χ2n) is 6.81. The lowest BCUT2D eigenvalue weighted by atomic mass is 10.1. The number of hydrogen-bond donors (Lipinski definition) is 1. The number of carbonyl (C=O) groups is 2. The molecule has 1 saturated carbocycles. The minimum Gasteiger partial charge on any atom is -0.347 e. The summed E-state index contributed by atoms with van der Waals surface area (Å²) in [6.45, 7) is 1.59. The molecule has 2 rings (SSSR count). The largest absolute Gasteiger partial charge is 0.416 e. The highest BCUT2D eigenvalue weighted by molar-refractivity contribution is 5.87.